The molecule has 3 aromatic carbocycles. The molecule has 0 aliphatic heterocycles. The second-order valence-corrected chi connectivity index (χ2v) is 10.2. The number of alkyl halides is 10. The third-order valence-electron chi connectivity index (χ3n) is 5.45. The Morgan fingerprint density at radius 1 is 0.500 bits per heavy atom. The zero-order valence-corrected chi connectivity index (χ0v) is 19.0. The fourth-order valence-corrected chi connectivity index (χ4v) is 5.70. The average Bonchev–Trinajstić information content (AvgIpc) is 2.82. The van der Waals surface area contributed by atoms with Gasteiger partial charge < -0.3 is 0 Å². The van der Waals surface area contributed by atoms with Crippen molar-refractivity contribution >= 4 is 10.4 Å². The van der Waals surface area contributed by atoms with E-state index in [2.05, 4.69) is 0 Å². The average molecular weight is 546 g/mol. The van der Waals surface area contributed by atoms with Crippen molar-refractivity contribution in [3.05, 3.63) is 89.5 Å². The van der Waals surface area contributed by atoms with E-state index in [1.54, 1.807) is 0 Å². The highest BCUT2D eigenvalue weighted by Gasteiger charge is 2.59. The summed E-state index contributed by atoms with van der Waals surface area (Å²) in [6, 6.07) is 10.2. The Bertz CT molecular complexity index is 1110. The Hall–Kier alpha value is -2.76. The van der Waals surface area contributed by atoms with Crippen molar-refractivity contribution in [2.24, 2.45) is 0 Å². The van der Waals surface area contributed by atoms with Crippen molar-refractivity contribution in [3.63, 3.8) is 0 Å². The Kier molecular flexibility index (Phi) is 7.17. The minimum absolute atomic E-state index is 0.0645. The van der Waals surface area contributed by atoms with E-state index in [-0.39, 0.29) is 14.7 Å². The van der Waals surface area contributed by atoms with Gasteiger partial charge in [-0.25, -0.2) is 0 Å². The van der Waals surface area contributed by atoms with Crippen molar-refractivity contribution in [1.29, 1.82) is 0 Å². The molecule has 0 fully saturated rings. The minimum Gasteiger partial charge on any atom is -0.191 e. The van der Waals surface area contributed by atoms with Crippen LogP contribution in [0.5, 0.6) is 0 Å². The molecule has 0 radical (unpaired) electrons. The minimum atomic E-state index is -5.90. The molecule has 12 heteroatoms. The monoisotopic (exact) mass is 546 g/mol. The predicted molar refractivity (Wildman–Crippen MR) is 112 cm³/mol. The molecule has 0 aromatic heterocycles. The molecule has 0 amide bonds. The molecule has 0 nitrogen and oxygen atoms in total. The molecule has 0 bridgehead atoms. The first-order valence-electron chi connectivity index (χ1n) is 10.2. The Labute approximate surface area is 200 Å². The number of rotatable bonds is 6. The largest absolute Gasteiger partial charge is 0.458 e. The van der Waals surface area contributed by atoms with Gasteiger partial charge >= 0.3 is 24.2 Å². The van der Waals surface area contributed by atoms with Crippen molar-refractivity contribution < 1.29 is 47.8 Å². The molecule has 0 aliphatic rings. The molecular weight excluding hydrogens is 529 g/mol. The quantitative estimate of drug-likeness (QED) is 0.270. The van der Waals surface area contributed by atoms with Crippen LogP contribution in [0, 0.1) is 0 Å². The lowest BCUT2D eigenvalue weighted by Gasteiger charge is -2.33. The molecule has 0 saturated heterocycles. The molecule has 0 atom stereocenters. The van der Waals surface area contributed by atoms with E-state index < -0.39 is 45.7 Å². The summed E-state index contributed by atoms with van der Waals surface area (Å²) in [6.07, 6.45) is -11.2. The number of halogens is 11. The first-order chi connectivity index (χ1) is 16.5. The lowest BCUT2D eigenvalue weighted by atomic mass is 10.1. The molecular formula is C24H17F11S. The van der Waals surface area contributed by atoms with Crippen LogP contribution >= 0.6 is 10.4 Å². The summed E-state index contributed by atoms with van der Waals surface area (Å²) in [5.74, 6) is -10.4. The zero-order valence-electron chi connectivity index (χ0n) is 18.2. The van der Waals surface area contributed by atoms with Crippen LogP contribution in [0.25, 0.3) is 0 Å². The fourth-order valence-electron chi connectivity index (χ4n) is 3.35. The standard InChI is InChI=1S/C24H17F11S/c1-2-15-3-9-18(10-4-15)36(35,19-11-5-16(6-12-19)21(25,26)23(29,30)31)20-13-7-17(8-14-20)22(27,28)24(32,33)34/h3-14H,2H2,1H3. The van der Waals surface area contributed by atoms with E-state index in [9.17, 15) is 43.9 Å². The van der Waals surface area contributed by atoms with Gasteiger partial charge in [0.1, 0.15) is 0 Å². The molecule has 0 N–H and O–H groups in total. The molecule has 0 aliphatic carbocycles. The van der Waals surface area contributed by atoms with Crippen molar-refractivity contribution in [3.8, 4) is 0 Å². The van der Waals surface area contributed by atoms with Crippen LogP contribution in [-0.4, -0.2) is 12.4 Å². The highest BCUT2D eigenvalue weighted by Crippen LogP contribution is 2.70. The maximum absolute atomic E-state index is 16.8. The molecule has 0 heterocycles. The van der Waals surface area contributed by atoms with E-state index in [1.165, 1.54) is 24.3 Å². The van der Waals surface area contributed by atoms with E-state index >= 15 is 3.89 Å². The number of benzene rings is 3. The maximum Gasteiger partial charge on any atom is 0.458 e. The summed E-state index contributed by atoms with van der Waals surface area (Å²) in [7, 11) is -3.95. The first kappa shape index (κ1) is 27.8. The van der Waals surface area contributed by atoms with Gasteiger partial charge in [0.2, 0.25) is 0 Å². The van der Waals surface area contributed by atoms with E-state index in [1.807, 2.05) is 6.92 Å². The summed E-state index contributed by atoms with van der Waals surface area (Å²) in [4.78, 5) is -0.780. The van der Waals surface area contributed by atoms with Gasteiger partial charge in [-0.05, 0) is 58.8 Å². The molecule has 3 aromatic rings. The van der Waals surface area contributed by atoms with Crippen LogP contribution in [0.15, 0.2) is 87.5 Å². The number of hydrogen-bond acceptors (Lipinski definition) is 0. The Balaban J connectivity index is 2.16. The highest BCUT2D eigenvalue weighted by molar-refractivity contribution is 8.29. The second kappa shape index (κ2) is 9.28. The lowest BCUT2D eigenvalue weighted by Crippen LogP contribution is -2.33. The van der Waals surface area contributed by atoms with Crippen LogP contribution in [-0.2, 0) is 18.3 Å². The third-order valence-corrected chi connectivity index (χ3v) is 8.22. The fraction of sp³-hybridized carbons (Fsp3) is 0.250. The summed E-state index contributed by atoms with van der Waals surface area (Å²) in [5.41, 5.74) is -2.11. The van der Waals surface area contributed by atoms with Crippen LogP contribution in [0.4, 0.5) is 47.8 Å². The summed E-state index contributed by atoms with van der Waals surface area (Å²) in [5, 5.41) is 0. The van der Waals surface area contributed by atoms with Crippen LogP contribution in [0.1, 0.15) is 23.6 Å². The highest BCUT2D eigenvalue weighted by atomic mass is 32.3. The number of hydrogen-bond donors (Lipinski definition) is 0. The predicted octanol–water partition coefficient (Wildman–Crippen LogP) is 9.72. The van der Waals surface area contributed by atoms with Crippen molar-refractivity contribution in [1.82, 2.24) is 0 Å². The van der Waals surface area contributed by atoms with Crippen molar-refractivity contribution in [2.45, 2.75) is 52.2 Å². The molecule has 0 unspecified atom stereocenters. The molecule has 36 heavy (non-hydrogen) atoms. The van der Waals surface area contributed by atoms with Gasteiger partial charge in [-0.2, -0.15) is 47.8 Å². The number of aryl methyl sites for hydroxylation is 1. The van der Waals surface area contributed by atoms with Gasteiger partial charge in [0.05, 0.1) is 0 Å². The first-order valence-corrected chi connectivity index (χ1v) is 11.7. The van der Waals surface area contributed by atoms with Gasteiger partial charge in [-0.1, -0.05) is 43.3 Å². The Morgan fingerprint density at radius 2 is 0.778 bits per heavy atom. The van der Waals surface area contributed by atoms with Gasteiger partial charge in [-0.15, -0.1) is 0 Å². The molecule has 0 saturated carbocycles. The second-order valence-electron chi connectivity index (χ2n) is 7.73. The molecule has 0 spiro atoms. The zero-order chi connectivity index (χ0) is 27.2. The topological polar surface area (TPSA) is 0 Å². The Morgan fingerprint density at radius 3 is 1.03 bits per heavy atom. The van der Waals surface area contributed by atoms with Gasteiger partial charge in [0, 0.05) is 25.8 Å². The van der Waals surface area contributed by atoms with Crippen LogP contribution in [0.3, 0.4) is 0 Å². The summed E-state index contributed by atoms with van der Waals surface area (Å²) < 4.78 is 148. The van der Waals surface area contributed by atoms with Gasteiger partial charge in [0.25, 0.3) is 0 Å². The van der Waals surface area contributed by atoms with E-state index in [4.69, 9.17) is 0 Å². The summed E-state index contributed by atoms with van der Waals surface area (Å²) in [6.45, 7) is 1.81. The van der Waals surface area contributed by atoms with Crippen LogP contribution in [0.2, 0.25) is 0 Å². The molecule has 3 rings (SSSR count). The van der Waals surface area contributed by atoms with Crippen molar-refractivity contribution in [2.75, 3.05) is 0 Å². The normalized spacial score (nSPS) is 14.1. The van der Waals surface area contributed by atoms with Gasteiger partial charge in [-0.3, -0.25) is 0 Å². The molecule has 196 valence electrons. The van der Waals surface area contributed by atoms with Crippen LogP contribution < -0.4 is 0 Å². The SMILES string of the molecule is CCc1ccc(S(F)(c2ccc(C(F)(F)C(F)(F)F)cc2)c2ccc(C(F)(F)C(F)(F)F)cc2)cc1. The summed E-state index contributed by atoms with van der Waals surface area (Å²) >= 11 is 0. The van der Waals surface area contributed by atoms with Gasteiger partial charge in [0.15, 0.2) is 0 Å². The van der Waals surface area contributed by atoms with E-state index in [0.29, 0.717) is 30.7 Å². The van der Waals surface area contributed by atoms with E-state index in [0.717, 1.165) is 29.8 Å². The maximum atomic E-state index is 16.8. The smallest absolute Gasteiger partial charge is 0.191 e. The lowest BCUT2D eigenvalue weighted by molar-refractivity contribution is -0.289. The third kappa shape index (κ3) is 4.79.